The van der Waals surface area contributed by atoms with Crippen LogP contribution in [0.4, 0.5) is 0 Å². The summed E-state index contributed by atoms with van der Waals surface area (Å²) in [5.41, 5.74) is 3.41. The zero-order chi connectivity index (χ0) is 35.0. The van der Waals surface area contributed by atoms with Crippen LogP contribution in [0.2, 0.25) is 0 Å². The van der Waals surface area contributed by atoms with Gasteiger partial charge in [-0.05, 0) is 92.3 Å². The molecule has 2 aromatic carbocycles. The fourth-order valence-corrected chi connectivity index (χ4v) is 6.40. The van der Waals surface area contributed by atoms with Crippen molar-refractivity contribution in [3.05, 3.63) is 64.7 Å². The van der Waals surface area contributed by atoms with Crippen LogP contribution < -0.4 is 21.3 Å². The number of phenolic OH excluding ortho intramolecular Hbond substituents is 1. The summed E-state index contributed by atoms with van der Waals surface area (Å²) in [5.74, 6) is -1.09. The molecule has 11 heteroatoms. The van der Waals surface area contributed by atoms with Gasteiger partial charge < -0.3 is 31.3 Å². The van der Waals surface area contributed by atoms with Crippen LogP contribution in [0.3, 0.4) is 0 Å². The molecule has 48 heavy (non-hydrogen) atoms. The van der Waals surface area contributed by atoms with E-state index in [9.17, 15) is 29.1 Å². The number of benzene rings is 2. The minimum absolute atomic E-state index is 0.00557. The van der Waals surface area contributed by atoms with Crippen LogP contribution in [0, 0.1) is 25.7 Å². The zero-order valence-corrected chi connectivity index (χ0v) is 28.8. The van der Waals surface area contributed by atoms with Gasteiger partial charge in [0.1, 0.15) is 17.8 Å². The minimum Gasteiger partial charge on any atom is -0.508 e. The molecule has 0 aromatic heterocycles. The van der Waals surface area contributed by atoms with E-state index < -0.39 is 18.1 Å². The summed E-state index contributed by atoms with van der Waals surface area (Å²) in [6, 6.07) is 9.89. The molecule has 5 amide bonds. The van der Waals surface area contributed by atoms with E-state index >= 15 is 0 Å². The fraction of sp³-hybridized carbons (Fsp3) is 0.541. The van der Waals surface area contributed by atoms with Gasteiger partial charge in [-0.3, -0.25) is 24.0 Å². The molecule has 4 rings (SSSR count). The predicted octanol–water partition coefficient (Wildman–Crippen LogP) is 3.29. The summed E-state index contributed by atoms with van der Waals surface area (Å²) in [4.78, 5) is 68.4. The number of fused-ring (bicyclic) bond motifs is 1. The van der Waals surface area contributed by atoms with E-state index in [1.54, 1.807) is 35.2 Å². The second-order valence-electron chi connectivity index (χ2n) is 13.9. The third kappa shape index (κ3) is 10.0. The Morgan fingerprint density at radius 3 is 2.40 bits per heavy atom. The van der Waals surface area contributed by atoms with Crippen molar-refractivity contribution in [1.82, 2.24) is 26.2 Å². The van der Waals surface area contributed by atoms with Crippen LogP contribution in [0.15, 0.2) is 42.5 Å². The lowest BCUT2D eigenvalue weighted by Crippen LogP contribution is -2.50. The van der Waals surface area contributed by atoms with Gasteiger partial charge in [0.25, 0.3) is 5.91 Å². The molecule has 0 aliphatic carbocycles. The Hall–Kier alpha value is -4.41. The summed E-state index contributed by atoms with van der Waals surface area (Å²) in [6.45, 7) is 10.4. The fourth-order valence-electron chi connectivity index (χ4n) is 6.40. The van der Waals surface area contributed by atoms with Gasteiger partial charge in [0, 0.05) is 50.0 Å². The van der Waals surface area contributed by atoms with Gasteiger partial charge in [-0.25, -0.2) is 0 Å². The van der Waals surface area contributed by atoms with Gasteiger partial charge in [-0.15, -0.1) is 0 Å². The Bertz CT molecular complexity index is 1480. The van der Waals surface area contributed by atoms with Crippen LogP contribution in [-0.4, -0.2) is 76.8 Å². The van der Waals surface area contributed by atoms with Crippen LogP contribution in [0.1, 0.15) is 86.3 Å². The number of phenols is 1. The molecule has 0 saturated carbocycles. The normalized spacial score (nSPS) is 25.0. The number of carbonyl (C=O) groups excluding carboxylic acids is 5. The molecule has 5 N–H and O–H groups in total. The zero-order valence-electron chi connectivity index (χ0n) is 28.8. The van der Waals surface area contributed by atoms with Gasteiger partial charge in [-0.2, -0.15) is 0 Å². The maximum absolute atomic E-state index is 13.8. The Kier molecular flexibility index (Phi) is 12.6. The largest absolute Gasteiger partial charge is 0.508 e. The van der Waals surface area contributed by atoms with Crippen LogP contribution >= 0.6 is 0 Å². The number of aromatic hydroxyl groups is 1. The maximum atomic E-state index is 13.8. The van der Waals surface area contributed by atoms with Crippen molar-refractivity contribution in [1.29, 1.82) is 0 Å². The Balaban J connectivity index is 1.51. The molecule has 2 heterocycles. The monoisotopic (exact) mass is 661 g/mol. The first-order valence-electron chi connectivity index (χ1n) is 17.1. The van der Waals surface area contributed by atoms with Gasteiger partial charge in [0.2, 0.25) is 23.6 Å². The minimum atomic E-state index is -0.823. The molecule has 0 spiro atoms. The van der Waals surface area contributed by atoms with Crippen molar-refractivity contribution in [3.63, 3.8) is 0 Å². The Morgan fingerprint density at radius 1 is 0.979 bits per heavy atom. The van der Waals surface area contributed by atoms with Crippen molar-refractivity contribution < 1.29 is 29.1 Å². The highest BCUT2D eigenvalue weighted by molar-refractivity contribution is 5.95. The second-order valence-corrected chi connectivity index (χ2v) is 13.9. The summed E-state index contributed by atoms with van der Waals surface area (Å²) < 4.78 is 0. The van der Waals surface area contributed by atoms with E-state index in [2.05, 4.69) is 21.3 Å². The van der Waals surface area contributed by atoms with E-state index in [4.69, 9.17) is 0 Å². The number of nitrogens with one attached hydrogen (secondary N) is 4. The Morgan fingerprint density at radius 2 is 1.71 bits per heavy atom. The van der Waals surface area contributed by atoms with E-state index in [1.165, 1.54) is 0 Å². The molecule has 5 atom stereocenters. The average molecular weight is 662 g/mol. The Labute approximate surface area is 283 Å². The molecule has 260 valence electrons. The molecule has 11 nitrogen and oxygen atoms in total. The van der Waals surface area contributed by atoms with Crippen molar-refractivity contribution in [2.45, 2.75) is 104 Å². The lowest BCUT2D eigenvalue weighted by atomic mass is 9.92. The predicted molar refractivity (Wildman–Crippen MR) is 183 cm³/mol. The van der Waals surface area contributed by atoms with Crippen LogP contribution in [0.25, 0.3) is 0 Å². The van der Waals surface area contributed by atoms with E-state index in [1.807, 2.05) is 46.8 Å². The highest BCUT2D eigenvalue weighted by Gasteiger charge is 2.40. The molecular formula is C37H51N5O6. The number of amides is 5. The molecule has 2 saturated heterocycles. The van der Waals surface area contributed by atoms with E-state index in [0.717, 1.165) is 16.7 Å². The number of hydrogen-bond acceptors (Lipinski definition) is 6. The third-order valence-electron chi connectivity index (χ3n) is 9.56. The number of hydrogen-bond donors (Lipinski definition) is 5. The third-order valence-corrected chi connectivity index (χ3v) is 9.56. The van der Waals surface area contributed by atoms with Crippen molar-refractivity contribution in [2.24, 2.45) is 11.8 Å². The number of carbonyl (C=O) groups is 5. The molecule has 2 fully saturated rings. The van der Waals surface area contributed by atoms with E-state index in [0.29, 0.717) is 31.2 Å². The summed E-state index contributed by atoms with van der Waals surface area (Å²) in [5, 5.41) is 21.6. The number of aryl methyl sites for hydroxylation is 2. The molecular weight excluding hydrogens is 610 g/mol. The van der Waals surface area contributed by atoms with E-state index in [-0.39, 0.29) is 85.5 Å². The van der Waals surface area contributed by atoms with Crippen molar-refractivity contribution in [2.75, 3.05) is 13.1 Å². The summed E-state index contributed by atoms with van der Waals surface area (Å²) in [6.07, 6.45) is 2.52. The SMILES string of the molecule is Cc1ccc(C(=O)N[C@@H]2C[C@H]3C(=O)N[C@H](C(C)C)CC[C@@H](C)CC(=O)N[C@@H](Cc4ccc(O)cc4)C(=O)NCCCC(=O)N3C2)cc1C. The topological polar surface area (TPSA) is 157 Å². The first-order valence-corrected chi connectivity index (χ1v) is 17.1. The number of rotatable bonds is 5. The first kappa shape index (κ1) is 36.4. The first-order chi connectivity index (χ1) is 22.8. The van der Waals surface area contributed by atoms with Crippen molar-refractivity contribution in [3.8, 4) is 5.75 Å². The van der Waals surface area contributed by atoms with Crippen LogP contribution in [0.5, 0.6) is 5.75 Å². The van der Waals surface area contributed by atoms with Gasteiger partial charge >= 0.3 is 0 Å². The standard InChI is InChI=1S/C37H51N5O6/c1-22(2)30-15-8-23(3)17-33(44)40-31(19-26-10-13-29(43)14-11-26)36(47)38-16-6-7-34(45)42-21-28(20-32(42)37(48)41-30)39-35(46)27-12-9-24(4)25(5)18-27/h9-14,18,22-23,28,30-32,43H,6-8,15-17,19-21H2,1-5H3,(H,38,47)(H,39,46)(H,40,44)(H,41,48)/t23-,28-,30+,31+,32+/m1/s1. The second kappa shape index (κ2) is 16.6. The highest BCUT2D eigenvalue weighted by atomic mass is 16.3. The summed E-state index contributed by atoms with van der Waals surface area (Å²) >= 11 is 0. The smallest absolute Gasteiger partial charge is 0.251 e. The van der Waals surface area contributed by atoms with Gasteiger partial charge in [-0.1, -0.05) is 39.0 Å². The quantitative estimate of drug-likeness (QED) is 0.331. The lowest BCUT2D eigenvalue weighted by molar-refractivity contribution is -0.139. The average Bonchev–Trinajstić information content (AvgIpc) is 3.46. The molecule has 2 aliphatic heterocycles. The summed E-state index contributed by atoms with van der Waals surface area (Å²) in [7, 11) is 0. The highest BCUT2D eigenvalue weighted by Crippen LogP contribution is 2.23. The molecule has 0 bridgehead atoms. The molecule has 2 aromatic rings. The molecule has 2 aliphatic rings. The number of nitrogens with zero attached hydrogens (tertiary/aromatic N) is 1. The van der Waals surface area contributed by atoms with Crippen molar-refractivity contribution >= 4 is 29.5 Å². The van der Waals surface area contributed by atoms with Gasteiger partial charge in [0.15, 0.2) is 0 Å². The molecule has 0 radical (unpaired) electrons. The lowest BCUT2D eigenvalue weighted by Gasteiger charge is -2.29. The van der Waals surface area contributed by atoms with Crippen LogP contribution in [-0.2, 0) is 25.6 Å². The maximum Gasteiger partial charge on any atom is 0.251 e. The molecule has 0 unspecified atom stereocenters. The van der Waals surface area contributed by atoms with Gasteiger partial charge in [0.05, 0.1) is 0 Å².